The van der Waals surface area contributed by atoms with Crippen molar-refractivity contribution < 1.29 is 26.5 Å². The van der Waals surface area contributed by atoms with Gasteiger partial charge in [-0.25, -0.2) is 22.3 Å². The zero-order valence-electron chi connectivity index (χ0n) is 24.6. The van der Waals surface area contributed by atoms with E-state index in [1.807, 2.05) is 77.4 Å². The number of anilines is 3. The summed E-state index contributed by atoms with van der Waals surface area (Å²) >= 11 is 0. The second-order valence-corrected chi connectivity index (χ2v) is 15.4. The third-order valence-corrected chi connectivity index (χ3v) is 11.3. The standard InChI is InChI=1S/C32H36N4O6S2/c1-3-33-42-31(26-9-11-28(12-10-26)34-17-21-43(38,39)22-18-34)25-5-7-27(8-6-25)32(37)36(4-2)30-15-13-29(14-16-30)35-19-23-44(40,41)24-20-35/h1,5-16,31,33H,4,17-24H2,2H3. The smallest absolute Gasteiger partial charge is 0.258 e. The maximum absolute atomic E-state index is 13.5. The predicted octanol–water partition coefficient (Wildman–Crippen LogP) is 3.02. The average Bonchev–Trinajstić information content (AvgIpc) is 3.03. The Bertz CT molecular complexity index is 1690. The molecule has 0 aliphatic carbocycles. The van der Waals surface area contributed by atoms with Gasteiger partial charge in [-0.3, -0.25) is 9.63 Å². The molecule has 1 amide bonds. The van der Waals surface area contributed by atoms with E-state index in [0.717, 1.165) is 28.2 Å². The molecule has 0 saturated carbocycles. The summed E-state index contributed by atoms with van der Waals surface area (Å²) in [4.78, 5) is 25.1. The number of terminal acetylenes is 1. The molecule has 12 heteroatoms. The van der Waals surface area contributed by atoms with Crippen molar-refractivity contribution in [3.63, 3.8) is 0 Å². The summed E-state index contributed by atoms with van der Waals surface area (Å²) in [6.07, 6.45) is 4.84. The van der Waals surface area contributed by atoms with Crippen LogP contribution < -0.4 is 20.2 Å². The van der Waals surface area contributed by atoms with Crippen LogP contribution in [0.15, 0.2) is 72.8 Å². The number of sulfone groups is 2. The first kappa shape index (κ1) is 31.4. The lowest BCUT2D eigenvalue weighted by molar-refractivity contribution is 0.0276. The SMILES string of the molecule is C#CNOC(c1ccc(C(=O)N(CC)c2ccc(N3CCS(=O)(=O)CC3)cc2)cc1)c1ccc(N2CCS(=O)(=O)CC2)cc1. The van der Waals surface area contributed by atoms with Crippen molar-refractivity contribution in [3.8, 4) is 12.5 Å². The molecular weight excluding hydrogens is 601 g/mol. The van der Waals surface area contributed by atoms with Gasteiger partial charge in [0.15, 0.2) is 19.7 Å². The lowest BCUT2D eigenvalue weighted by atomic mass is 9.99. The predicted molar refractivity (Wildman–Crippen MR) is 173 cm³/mol. The Labute approximate surface area is 259 Å². The van der Waals surface area contributed by atoms with Gasteiger partial charge in [0.05, 0.1) is 23.0 Å². The number of nitrogens with one attached hydrogen (secondary N) is 1. The van der Waals surface area contributed by atoms with Gasteiger partial charge in [0.2, 0.25) is 0 Å². The Kier molecular flexibility index (Phi) is 9.48. The lowest BCUT2D eigenvalue weighted by Crippen LogP contribution is -2.40. The maximum Gasteiger partial charge on any atom is 0.258 e. The second-order valence-electron chi connectivity index (χ2n) is 10.8. The number of benzene rings is 3. The van der Waals surface area contributed by atoms with Crippen LogP contribution in [-0.2, 0) is 24.5 Å². The number of hydrogen-bond donors (Lipinski definition) is 1. The Morgan fingerprint density at radius 1 is 0.795 bits per heavy atom. The monoisotopic (exact) mass is 636 g/mol. The number of hydroxylamine groups is 1. The van der Waals surface area contributed by atoms with E-state index in [4.69, 9.17) is 11.3 Å². The molecule has 1 atom stereocenters. The van der Waals surface area contributed by atoms with Crippen LogP contribution in [0.2, 0.25) is 0 Å². The van der Waals surface area contributed by atoms with Crippen LogP contribution in [0.1, 0.15) is 34.5 Å². The molecule has 3 aromatic rings. The van der Waals surface area contributed by atoms with E-state index >= 15 is 0 Å². The van der Waals surface area contributed by atoms with Gasteiger partial charge in [0.1, 0.15) is 6.10 Å². The topological polar surface area (TPSA) is 116 Å². The highest BCUT2D eigenvalue weighted by Gasteiger charge is 2.24. The van der Waals surface area contributed by atoms with Gasteiger partial charge in [0, 0.05) is 61.4 Å². The highest BCUT2D eigenvalue weighted by Crippen LogP contribution is 2.29. The summed E-state index contributed by atoms with van der Waals surface area (Å²) in [6.45, 7) is 4.22. The van der Waals surface area contributed by atoms with E-state index in [0.29, 0.717) is 38.3 Å². The first-order valence-corrected chi connectivity index (χ1v) is 18.1. The Hall–Kier alpha value is -4.05. The van der Waals surface area contributed by atoms with Crippen LogP contribution in [0.3, 0.4) is 0 Å². The van der Waals surface area contributed by atoms with Crippen LogP contribution in [0.5, 0.6) is 0 Å². The molecule has 0 spiro atoms. The highest BCUT2D eigenvalue weighted by atomic mass is 32.2. The molecule has 2 aliphatic rings. The minimum atomic E-state index is -2.97. The van der Waals surface area contributed by atoms with Crippen LogP contribution in [0.4, 0.5) is 17.1 Å². The third-order valence-electron chi connectivity index (χ3n) is 8.03. The summed E-state index contributed by atoms with van der Waals surface area (Å²) in [5, 5.41) is 0. The molecule has 2 saturated heterocycles. The van der Waals surface area contributed by atoms with E-state index in [9.17, 15) is 21.6 Å². The largest absolute Gasteiger partial charge is 0.369 e. The third kappa shape index (κ3) is 7.35. The molecular formula is C32H36N4O6S2. The fourth-order valence-electron chi connectivity index (χ4n) is 5.47. The zero-order chi connectivity index (χ0) is 31.3. The number of nitrogens with zero attached hydrogens (tertiary/aromatic N) is 3. The second kappa shape index (κ2) is 13.3. The summed E-state index contributed by atoms with van der Waals surface area (Å²) in [6, 6.07) is 24.8. The van der Waals surface area contributed by atoms with Gasteiger partial charge >= 0.3 is 0 Å². The van der Waals surface area contributed by atoms with Crippen molar-refractivity contribution >= 4 is 42.6 Å². The minimum Gasteiger partial charge on any atom is -0.369 e. The van der Waals surface area contributed by atoms with Crippen molar-refractivity contribution in [3.05, 3.63) is 89.5 Å². The normalized spacial score (nSPS) is 18.2. The van der Waals surface area contributed by atoms with Gasteiger partial charge < -0.3 is 14.7 Å². The van der Waals surface area contributed by atoms with Crippen LogP contribution >= 0.6 is 0 Å². The molecule has 2 aliphatic heterocycles. The molecule has 0 radical (unpaired) electrons. The fourth-order valence-corrected chi connectivity index (χ4v) is 7.87. The first-order valence-electron chi connectivity index (χ1n) is 14.5. The number of carbonyl (C=O) groups excluding carboxylic acids is 1. The molecule has 2 fully saturated rings. The molecule has 232 valence electrons. The van der Waals surface area contributed by atoms with Crippen molar-refractivity contribution in [2.24, 2.45) is 0 Å². The van der Waals surface area contributed by atoms with Crippen molar-refractivity contribution in [1.29, 1.82) is 0 Å². The lowest BCUT2D eigenvalue weighted by Gasteiger charge is -2.29. The van der Waals surface area contributed by atoms with E-state index in [1.54, 1.807) is 17.0 Å². The van der Waals surface area contributed by atoms with Crippen molar-refractivity contribution in [2.45, 2.75) is 13.0 Å². The first-order chi connectivity index (χ1) is 21.1. The van der Waals surface area contributed by atoms with E-state index in [1.165, 1.54) is 0 Å². The zero-order valence-corrected chi connectivity index (χ0v) is 26.2. The van der Waals surface area contributed by atoms with Gasteiger partial charge in [0.25, 0.3) is 5.91 Å². The number of amides is 1. The van der Waals surface area contributed by atoms with E-state index in [-0.39, 0.29) is 28.9 Å². The van der Waals surface area contributed by atoms with Crippen LogP contribution in [0, 0.1) is 12.5 Å². The fraction of sp³-hybridized carbons (Fsp3) is 0.344. The van der Waals surface area contributed by atoms with Crippen molar-refractivity contribution in [1.82, 2.24) is 5.48 Å². The molecule has 1 unspecified atom stereocenters. The van der Waals surface area contributed by atoms with Gasteiger partial charge in [-0.15, -0.1) is 0 Å². The van der Waals surface area contributed by atoms with E-state index < -0.39 is 25.8 Å². The highest BCUT2D eigenvalue weighted by molar-refractivity contribution is 7.91. The average molecular weight is 637 g/mol. The molecule has 3 aromatic carbocycles. The number of hydrogen-bond acceptors (Lipinski definition) is 9. The molecule has 10 nitrogen and oxygen atoms in total. The molecule has 44 heavy (non-hydrogen) atoms. The maximum atomic E-state index is 13.5. The molecule has 1 N–H and O–H groups in total. The quantitative estimate of drug-likeness (QED) is 0.215. The Morgan fingerprint density at radius 2 is 1.23 bits per heavy atom. The van der Waals surface area contributed by atoms with Gasteiger partial charge in [-0.1, -0.05) is 30.7 Å². The number of carbonyl (C=O) groups is 1. The Balaban J connectivity index is 1.28. The Morgan fingerprint density at radius 3 is 1.66 bits per heavy atom. The summed E-state index contributed by atoms with van der Waals surface area (Å²) < 4.78 is 47.1. The molecule has 2 heterocycles. The van der Waals surface area contributed by atoms with Crippen molar-refractivity contribution in [2.75, 3.05) is 70.4 Å². The molecule has 5 rings (SSSR count). The molecule has 0 aromatic heterocycles. The minimum absolute atomic E-state index is 0.144. The van der Waals surface area contributed by atoms with Crippen LogP contribution in [-0.4, -0.2) is 78.5 Å². The van der Waals surface area contributed by atoms with Gasteiger partial charge in [-0.05, 0) is 66.6 Å². The van der Waals surface area contributed by atoms with E-state index in [2.05, 4.69) is 11.5 Å². The summed E-state index contributed by atoms with van der Waals surface area (Å²) in [5.74, 6) is 0.430. The van der Waals surface area contributed by atoms with Crippen LogP contribution in [0.25, 0.3) is 0 Å². The van der Waals surface area contributed by atoms with Gasteiger partial charge in [-0.2, -0.15) is 0 Å². The number of rotatable bonds is 9. The molecule has 0 bridgehead atoms. The summed E-state index contributed by atoms with van der Waals surface area (Å²) in [5.41, 5.74) is 7.25. The summed E-state index contributed by atoms with van der Waals surface area (Å²) in [7, 11) is -5.93.